The number of hydrogen-bond acceptors (Lipinski definition) is 3. The Labute approximate surface area is 51.3 Å². The molecule has 0 amide bonds. The maximum absolute atomic E-state index is 4.86. The Balaban J connectivity index is 2.95. The molecule has 2 aromatic rings. The van der Waals surface area contributed by atoms with Gasteiger partial charge in [0.25, 0.3) is 0 Å². The van der Waals surface area contributed by atoms with E-state index >= 15 is 0 Å². The van der Waals surface area contributed by atoms with Gasteiger partial charge in [-0.25, -0.2) is 9.97 Å². The van der Waals surface area contributed by atoms with E-state index in [9.17, 15) is 0 Å². The van der Waals surface area contributed by atoms with E-state index in [4.69, 9.17) is 4.42 Å². The Kier molecular flexibility index (Phi) is 0.773. The zero-order chi connectivity index (χ0) is 6.10. The van der Waals surface area contributed by atoms with Crippen LogP contribution in [0.4, 0.5) is 0 Å². The average molecular weight is 119 g/mol. The van der Waals surface area contributed by atoms with Crippen molar-refractivity contribution in [3.05, 3.63) is 24.7 Å². The van der Waals surface area contributed by atoms with Gasteiger partial charge in [0.15, 0.2) is 6.39 Å². The monoisotopic (exact) mass is 119 g/mol. The van der Waals surface area contributed by atoms with Crippen LogP contribution in [0, 0.1) is 6.07 Å². The summed E-state index contributed by atoms with van der Waals surface area (Å²) in [6.45, 7) is 0. The van der Waals surface area contributed by atoms with Crippen LogP contribution in [0.25, 0.3) is 11.2 Å². The molecule has 3 nitrogen and oxygen atoms in total. The van der Waals surface area contributed by atoms with E-state index in [0.717, 1.165) is 0 Å². The van der Waals surface area contributed by atoms with E-state index in [1.807, 2.05) is 0 Å². The molecule has 9 heavy (non-hydrogen) atoms. The first-order valence-electron chi connectivity index (χ1n) is 2.53. The average Bonchev–Trinajstić information content (AvgIpc) is 2.33. The van der Waals surface area contributed by atoms with Gasteiger partial charge in [0.05, 0.1) is 0 Å². The van der Waals surface area contributed by atoms with Crippen LogP contribution in [-0.2, 0) is 0 Å². The summed E-state index contributed by atoms with van der Waals surface area (Å²) in [5, 5.41) is 0. The summed E-state index contributed by atoms with van der Waals surface area (Å²) in [5.41, 5.74) is 1.22. The van der Waals surface area contributed by atoms with Gasteiger partial charge in [0.2, 0.25) is 5.71 Å². The Morgan fingerprint density at radius 3 is 3.33 bits per heavy atom. The van der Waals surface area contributed by atoms with E-state index in [2.05, 4.69) is 16.0 Å². The van der Waals surface area contributed by atoms with Gasteiger partial charge in [-0.1, -0.05) is 0 Å². The number of hydrogen-bond donors (Lipinski definition) is 0. The highest BCUT2D eigenvalue weighted by atomic mass is 16.3. The van der Waals surface area contributed by atoms with Gasteiger partial charge < -0.3 is 4.42 Å². The first-order valence-corrected chi connectivity index (χ1v) is 2.53. The Hall–Kier alpha value is -1.38. The lowest BCUT2D eigenvalue weighted by Gasteiger charge is -1.78. The fourth-order valence-corrected chi connectivity index (χ4v) is 0.652. The van der Waals surface area contributed by atoms with Crippen molar-refractivity contribution < 1.29 is 4.42 Å². The molecular formula is C6H3N2O. The summed E-state index contributed by atoms with van der Waals surface area (Å²) in [5.74, 6) is 0. The minimum atomic E-state index is 0.539. The minimum absolute atomic E-state index is 0.539. The molecule has 3 heteroatoms. The van der Waals surface area contributed by atoms with Crippen molar-refractivity contribution in [3.63, 3.8) is 0 Å². The topological polar surface area (TPSA) is 38.9 Å². The summed E-state index contributed by atoms with van der Waals surface area (Å²) in [6.07, 6.45) is 2.97. The fraction of sp³-hybridized carbons (Fsp3) is 0. The minimum Gasteiger partial charge on any atom is -0.425 e. The van der Waals surface area contributed by atoms with Crippen molar-refractivity contribution in [1.82, 2.24) is 9.97 Å². The van der Waals surface area contributed by atoms with Gasteiger partial charge in [-0.05, 0) is 6.07 Å². The molecule has 0 aliphatic heterocycles. The largest absolute Gasteiger partial charge is 0.425 e. The molecule has 0 aliphatic carbocycles. The molecule has 0 saturated heterocycles. The van der Waals surface area contributed by atoms with Crippen LogP contribution in [0.3, 0.4) is 0 Å². The van der Waals surface area contributed by atoms with Crippen molar-refractivity contribution in [2.24, 2.45) is 0 Å². The molecule has 0 unspecified atom stereocenters. The SMILES string of the molecule is [c]1ccnc2ocnc12. The highest BCUT2D eigenvalue weighted by Crippen LogP contribution is 2.04. The number of nitrogens with zero attached hydrogens (tertiary/aromatic N) is 2. The smallest absolute Gasteiger partial charge is 0.247 e. The van der Waals surface area contributed by atoms with Crippen molar-refractivity contribution >= 4 is 11.2 Å². The summed E-state index contributed by atoms with van der Waals surface area (Å²) < 4.78 is 4.86. The normalized spacial score (nSPS) is 10.2. The third-order valence-corrected chi connectivity index (χ3v) is 1.04. The van der Waals surface area contributed by atoms with Crippen LogP contribution >= 0.6 is 0 Å². The number of rotatable bonds is 0. The van der Waals surface area contributed by atoms with Gasteiger partial charge in [-0.3, -0.25) is 0 Å². The molecule has 0 aromatic carbocycles. The summed E-state index contributed by atoms with van der Waals surface area (Å²) >= 11 is 0. The predicted molar refractivity (Wildman–Crippen MR) is 30.6 cm³/mol. The van der Waals surface area contributed by atoms with Crippen LogP contribution in [0.2, 0.25) is 0 Å². The number of oxazole rings is 1. The van der Waals surface area contributed by atoms with Crippen LogP contribution in [0.5, 0.6) is 0 Å². The standard InChI is InChI=1S/C6H3N2O/c1-2-5-6(7-3-1)9-4-8-5/h1,3-4H. The second-order valence-electron chi connectivity index (χ2n) is 1.60. The van der Waals surface area contributed by atoms with Crippen LogP contribution in [0.15, 0.2) is 23.1 Å². The van der Waals surface area contributed by atoms with Gasteiger partial charge in [0.1, 0.15) is 5.52 Å². The molecule has 1 radical (unpaired) electrons. The first-order chi connectivity index (χ1) is 4.47. The van der Waals surface area contributed by atoms with E-state index in [-0.39, 0.29) is 0 Å². The summed E-state index contributed by atoms with van der Waals surface area (Å²) in [7, 11) is 0. The molecule has 0 bridgehead atoms. The third-order valence-electron chi connectivity index (χ3n) is 1.04. The maximum Gasteiger partial charge on any atom is 0.247 e. The van der Waals surface area contributed by atoms with Crippen molar-refractivity contribution in [3.8, 4) is 0 Å². The number of fused-ring (bicyclic) bond motifs is 1. The Morgan fingerprint density at radius 1 is 1.44 bits per heavy atom. The Morgan fingerprint density at radius 2 is 2.44 bits per heavy atom. The van der Waals surface area contributed by atoms with Crippen molar-refractivity contribution in [2.75, 3.05) is 0 Å². The molecule has 2 aromatic heterocycles. The van der Waals surface area contributed by atoms with Crippen LogP contribution in [0.1, 0.15) is 0 Å². The lowest BCUT2D eigenvalue weighted by molar-refractivity contribution is 0.590. The van der Waals surface area contributed by atoms with Crippen LogP contribution in [-0.4, -0.2) is 9.97 Å². The predicted octanol–water partition coefficient (Wildman–Crippen LogP) is 1.02. The van der Waals surface area contributed by atoms with E-state index in [0.29, 0.717) is 11.2 Å². The maximum atomic E-state index is 4.86. The molecule has 0 saturated carbocycles. The molecule has 43 valence electrons. The lowest BCUT2D eigenvalue weighted by Crippen LogP contribution is -1.69. The molecule has 0 aliphatic rings. The molecule has 0 fully saturated rings. The quantitative estimate of drug-likeness (QED) is 0.519. The molecule has 0 N–H and O–H groups in total. The van der Waals surface area contributed by atoms with E-state index in [1.165, 1.54) is 6.39 Å². The van der Waals surface area contributed by atoms with Crippen LogP contribution < -0.4 is 0 Å². The van der Waals surface area contributed by atoms with Gasteiger partial charge >= 0.3 is 0 Å². The molecular weight excluding hydrogens is 116 g/mol. The fourth-order valence-electron chi connectivity index (χ4n) is 0.652. The third kappa shape index (κ3) is 0.579. The lowest BCUT2D eigenvalue weighted by atomic mass is 10.5. The van der Waals surface area contributed by atoms with Crippen molar-refractivity contribution in [2.45, 2.75) is 0 Å². The zero-order valence-corrected chi connectivity index (χ0v) is 4.53. The van der Waals surface area contributed by atoms with Gasteiger partial charge in [0, 0.05) is 12.3 Å². The second kappa shape index (κ2) is 1.55. The number of pyridine rings is 1. The highest BCUT2D eigenvalue weighted by Gasteiger charge is 1.93. The summed E-state index contributed by atoms with van der Waals surface area (Å²) in [6, 6.07) is 4.56. The molecule has 2 heterocycles. The second-order valence-corrected chi connectivity index (χ2v) is 1.60. The zero-order valence-electron chi connectivity index (χ0n) is 4.53. The van der Waals surface area contributed by atoms with E-state index < -0.39 is 0 Å². The van der Waals surface area contributed by atoms with Gasteiger partial charge in [-0.2, -0.15) is 0 Å². The van der Waals surface area contributed by atoms with Gasteiger partial charge in [-0.15, -0.1) is 0 Å². The number of aromatic nitrogens is 2. The Bertz CT molecular complexity index is 285. The van der Waals surface area contributed by atoms with E-state index in [1.54, 1.807) is 12.3 Å². The molecule has 0 spiro atoms. The molecule has 2 rings (SSSR count). The highest BCUT2D eigenvalue weighted by molar-refractivity contribution is 5.65. The van der Waals surface area contributed by atoms with Crippen molar-refractivity contribution in [1.29, 1.82) is 0 Å². The first kappa shape index (κ1) is 4.49. The summed E-state index contributed by atoms with van der Waals surface area (Å²) in [4.78, 5) is 7.71. The molecule has 0 atom stereocenters.